The van der Waals surface area contributed by atoms with Gasteiger partial charge in [0, 0.05) is 24.9 Å². The van der Waals surface area contributed by atoms with Crippen LogP contribution in [0.2, 0.25) is 0 Å². The molecule has 0 saturated heterocycles. The van der Waals surface area contributed by atoms with Crippen LogP contribution in [0.1, 0.15) is 12.6 Å². The average Bonchev–Trinajstić information content (AvgIpc) is 3.12. The molecular formula is C25H26N4O4. The fraction of sp³-hybridized carbons (Fsp3) is 0.240. The number of carbonyl (C=O) groups excluding carboxylic acids is 1. The summed E-state index contributed by atoms with van der Waals surface area (Å²) in [4.78, 5) is 17.4. The van der Waals surface area contributed by atoms with Gasteiger partial charge in [0.2, 0.25) is 5.88 Å². The van der Waals surface area contributed by atoms with Crippen molar-refractivity contribution in [1.82, 2.24) is 14.8 Å². The summed E-state index contributed by atoms with van der Waals surface area (Å²) < 4.78 is 18.2. The number of nitrogens with zero attached hydrogens (tertiary/aromatic N) is 3. The number of hydrogen-bond acceptors (Lipinski definition) is 6. The van der Waals surface area contributed by atoms with Crippen LogP contribution in [-0.2, 0) is 11.8 Å². The molecule has 0 aliphatic rings. The van der Waals surface area contributed by atoms with Gasteiger partial charge >= 0.3 is 0 Å². The Bertz CT molecular complexity index is 1300. The smallest absolute Gasteiger partial charge is 0.265 e. The van der Waals surface area contributed by atoms with E-state index in [1.807, 2.05) is 50.4 Å². The maximum Gasteiger partial charge on any atom is 0.265 e. The Labute approximate surface area is 192 Å². The van der Waals surface area contributed by atoms with Crippen LogP contribution in [0.15, 0.2) is 54.6 Å². The molecule has 0 spiro atoms. The van der Waals surface area contributed by atoms with Crippen LogP contribution in [-0.4, -0.2) is 41.0 Å². The van der Waals surface area contributed by atoms with Crippen LogP contribution in [0, 0.1) is 6.92 Å². The minimum absolute atomic E-state index is 0.313. The van der Waals surface area contributed by atoms with Gasteiger partial charge in [0.05, 0.1) is 25.3 Å². The van der Waals surface area contributed by atoms with Crippen molar-refractivity contribution >= 4 is 22.6 Å². The van der Waals surface area contributed by atoms with E-state index in [0.717, 1.165) is 22.2 Å². The molecule has 2 heterocycles. The predicted molar refractivity (Wildman–Crippen MR) is 127 cm³/mol. The first kappa shape index (κ1) is 22.1. The van der Waals surface area contributed by atoms with Crippen LogP contribution in [0.3, 0.4) is 0 Å². The van der Waals surface area contributed by atoms with Crippen molar-refractivity contribution in [3.63, 3.8) is 0 Å². The minimum Gasteiger partial charge on any atom is -0.493 e. The summed E-state index contributed by atoms with van der Waals surface area (Å²) in [5.41, 5.74) is 4.12. The topological polar surface area (TPSA) is 87.5 Å². The Morgan fingerprint density at radius 1 is 1.03 bits per heavy atom. The number of benzene rings is 2. The quantitative estimate of drug-likeness (QED) is 0.454. The van der Waals surface area contributed by atoms with Crippen LogP contribution in [0.25, 0.3) is 22.2 Å². The van der Waals surface area contributed by atoms with Gasteiger partial charge in [-0.3, -0.25) is 9.48 Å². The molecule has 2 aromatic carbocycles. The normalized spacial score (nSPS) is 11.8. The number of aromatic nitrogens is 3. The summed E-state index contributed by atoms with van der Waals surface area (Å²) in [5.74, 6) is 1.14. The Morgan fingerprint density at radius 2 is 1.76 bits per heavy atom. The molecule has 0 aliphatic heterocycles. The molecule has 1 atom stereocenters. The van der Waals surface area contributed by atoms with Gasteiger partial charge in [-0.25, -0.2) is 0 Å². The molecule has 33 heavy (non-hydrogen) atoms. The van der Waals surface area contributed by atoms with Crippen LogP contribution in [0.4, 0.5) is 5.69 Å². The van der Waals surface area contributed by atoms with E-state index in [-0.39, 0.29) is 5.91 Å². The zero-order chi connectivity index (χ0) is 23.5. The van der Waals surface area contributed by atoms with Crippen LogP contribution >= 0.6 is 0 Å². The summed E-state index contributed by atoms with van der Waals surface area (Å²) in [6.45, 7) is 3.63. The number of amides is 1. The number of anilines is 1. The average molecular weight is 447 g/mol. The van der Waals surface area contributed by atoms with Gasteiger partial charge in [-0.15, -0.1) is 0 Å². The Hall–Kier alpha value is -4.07. The highest BCUT2D eigenvalue weighted by Crippen LogP contribution is 2.33. The van der Waals surface area contributed by atoms with Crippen molar-refractivity contribution in [2.45, 2.75) is 20.0 Å². The van der Waals surface area contributed by atoms with Gasteiger partial charge in [0.25, 0.3) is 5.91 Å². The highest BCUT2D eigenvalue weighted by molar-refractivity contribution is 5.96. The third kappa shape index (κ3) is 4.45. The first-order valence-corrected chi connectivity index (χ1v) is 10.5. The third-order valence-corrected chi connectivity index (χ3v) is 5.35. The maximum absolute atomic E-state index is 12.8. The molecule has 8 heteroatoms. The molecule has 0 bridgehead atoms. The van der Waals surface area contributed by atoms with Crippen molar-refractivity contribution in [3.05, 3.63) is 60.3 Å². The largest absolute Gasteiger partial charge is 0.493 e. The second kappa shape index (κ2) is 9.20. The lowest BCUT2D eigenvalue weighted by atomic mass is 10.0. The second-order valence-corrected chi connectivity index (χ2v) is 7.60. The van der Waals surface area contributed by atoms with Crippen molar-refractivity contribution in [3.8, 4) is 28.5 Å². The number of carbonyl (C=O) groups is 1. The molecule has 4 aromatic rings. The molecular weight excluding hydrogens is 420 g/mol. The molecule has 0 radical (unpaired) electrons. The molecule has 0 saturated carbocycles. The van der Waals surface area contributed by atoms with Crippen molar-refractivity contribution in [2.24, 2.45) is 7.05 Å². The summed E-state index contributed by atoms with van der Waals surface area (Å²) in [6.07, 6.45) is -0.791. The zero-order valence-corrected chi connectivity index (χ0v) is 19.2. The summed E-state index contributed by atoms with van der Waals surface area (Å²) in [7, 11) is 4.94. The van der Waals surface area contributed by atoms with Gasteiger partial charge in [-0.05, 0) is 37.1 Å². The SMILES string of the molecule is COc1ccc(NC(=O)[C@H](C)Oc2cc(-c3ccccc3)c3c(C)nn(C)c3n2)cc1OC. The minimum atomic E-state index is -0.791. The van der Waals surface area contributed by atoms with Gasteiger partial charge in [-0.2, -0.15) is 10.1 Å². The lowest BCUT2D eigenvalue weighted by Gasteiger charge is -2.16. The molecule has 8 nitrogen and oxygen atoms in total. The molecule has 4 rings (SSSR count). The maximum atomic E-state index is 12.8. The number of fused-ring (bicyclic) bond motifs is 1. The van der Waals surface area contributed by atoms with Crippen LogP contribution < -0.4 is 19.5 Å². The molecule has 1 N–H and O–H groups in total. The van der Waals surface area contributed by atoms with Gasteiger partial charge < -0.3 is 19.5 Å². The van der Waals surface area contributed by atoms with E-state index in [1.165, 1.54) is 0 Å². The second-order valence-electron chi connectivity index (χ2n) is 7.60. The van der Waals surface area contributed by atoms with Crippen molar-refractivity contribution < 1.29 is 19.0 Å². The number of nitrogens with one attached hydrogen (secondary N) is 1. The van der Waals surface area contributed by atoms with E-state index >= 15 is 0 Å². The lowest BCUT2D eigenvalue weighted by molar-refractivity contribution is -0.122. The van der Waals surface area contributed by atoms with E-state index in [2.05, 4.69) is 15.4 Å². The molecule has 0 aliphatic carbocycles. The number of pyridine rings is 1. The van der Waals surface area contributed by atoms with Gasteiger partial charge in [-0.1, -0.05) is 30.3 Å². The standard InChI is InChI=1S/C25H26N4O4/c1-15-23-19(17-9-7-6-8-10-17)14-22(27-24(23)29(3)28-15)33-16(2)25(30)26-18-11-12-20(31-4)21(13-18)32-5/h6-14,16H,1-5H3,(H,26,30)/t16-/m0/s1. The molecule has 0 fully saturated rings. The van der Waals surface area contributed by atoms with Gasteiger partial charge in [0.1, 0.15) is 0 Å². The molecule has 0 unspecified atom stereocenters. The van der Waals surface area contributed by atoms with Crippen molar-refractivity contribution in [1.29, 1.82) is 0 Å². The van der Waals surface area contributed by atoms with E-state index in [4.69, 9.17) is 14.2 Å². The monoisotopic (exact) mass is 446 g/mol. The Kier molecular flexibility index (Phi) is 6.17. The van der Waals surface area contributed by atoms with Crippen molar-refractivity contribution in [2.75, 3.05) is 19.5 Å². The third-order valence-electron chi connectivity index (χ3n) is 5.35. The first-order chi connectivity index (χ1) is 15.9. The Morgan fingerprint density at radius 3 is 2.45 bits per heavy atom. The fourth-order valence-corrected chi connectivity index (χ4v) is 3.72. The Balaban J connectivity index is 1.61. The van der Waals surface area contributed by atoms with E-state index < -0.39 is 6.10 Å². The van der Waals surface area contributed by atoms with Crippen LogP contribution in [0.5, 0.6) is 17.4 Å². The van der Waals surface area contributed by atoms with Gasteiger partial charge in [0.15, 0.2) is 23.3 Å². The van der Waals surface area contributed by atoms with E-state index in [9.17, 15) is 4.79 Å². The summed E-state index contributed by atoms with van der Waals surface area (Å²) in [5, 5.41) is 8.31. The molecule has 1 amide bonds. The van der Waals surface area contributed by atoms with E-state index in [1.54, 1.807) is 44.0 Å². The fourth-order valence-electron chi connectivity index (χ4n) is 3.72. The number of ether oxygens (including phenoxy) is 3. The predicted octanol–water partition coefficient (Wildman–Crippen LogP) is 4.37. The first-order valence-electron chi connectivity index (χ1n) is 10.5. The highest BCUT2D eigenvalue weighted by Gasteiger charge is 2.20. The highest BCUT2D eigenvalue weighted by atomic mass is 16.5. The molecule has 170 valence electrons. The van der Waals surface area contributed by atoms with E-state index in [0.29, 0.717) is 28.7 Å². The number of aryl methyl sites for hydroxylation is 2. The number of hydrogen-bond donors (Lipinski definition) is 1. The summed E-state index contributed by atoms with van der Waals surface area (Å²) in [6, 6.07) is 17.0. The number of rotatable bonds is 7. The zero-order valence-electron chi connectivity index (χ0n) is 19.2. The summed E-state index contributed by atoms with van der Waals surface area (Å²) >= 11 is 0. The molecule has 2 aromatic heterocycles. The number of methoxy groups -OCH3 is 2. The lowest BCUT2D eigenvalue weighted by Crippen LogP contribution is -2.30.